The van der Waals surface area contributed by atoms with Crippen LogP contribution < -0.4 is 4.74 Å². The zero-order valence-electron chi connectivity index (χ0n) is 6.30. The normalized spacial score (nSPS) is 9.58. The maximum atomic E-state index is 12.8. The highest BCUT2D eigenvalue weighted by molar-refractivity contribution is 6.67. The minimum atomic E-state index is -0.631. The van der Waals surface area contributed by atoms with Gasteiger partial charge in [-0.15, -0.1) is 0 Å². The molecule has 0 bridgehead atoms. The van der Waals surface area contributed by atoms with Crippen molar-refractivity contribution in [1.82, 2.24) is 0 Å². The molecule has 0 amide bonds. The largest absolute Gasteiger partial charge is 0.494 e. The van der Waals surface area contributed by atoms with Gasteiger partial charge in [-0.05, 0) is 29.8 Å². The summed E-state index contributed by atoms with van der Waals surface area (Å²) in [6.45, 7) is 0. The molecule has 0 spiro atoms. The van der Waals surface area contributed by atoms with Crippen molar-refractivity contribution in [2.45, 2.75) is 0 Å². The van der Waals surface area contributed by atoms with Crippen molar-refractivity contribution in [1.29, 1.82) is 0 Å². The van der Waals surface area contributed by atoms with Gasteiger partial charge < -0.3 is 4.74 Å². The molecule has 0 aromatic heterocycles. The van der Waals surface area contributed by atoms with Crippen LogP contribution in [0.3, 0.4) is 0 Å². The van der Waals surface area contributed by atoms with E-state index >= 15 is 0 Å². The van der Waals surface area contributed by atoms with Crippen LogP contribution in [0.25, 0.3) is 0 Å². The number of rotatable bonds is 2. The van der Waals surface area contributed by atoms with Crippen LogP contribution in [0, 0.1) is 5.82 Å². The van der Waals surface area contributed by atoms with E-state index in [-0.39, 0.29) is 11.3 Å². The average Bonchev–Trinajstić information content (AvgIpc) is 2.05. The fourth-order valence-corrected chi connectivity index (χ4v) is 0.900. The second-order valence-electron chi connectivity index (χ2n) is 2.12. The van der Waals surface area contributed by atoms with Crippen LogP contribution in [0.5, 0.6) is 5.75 Å². The molecular formula is C8H6ClFO2. The van der Waals surface area contributed by atoms with Crippen molar-refractivity contribution in [3.05, 3.63) is 29.6 Å². The van der Waals surface area contributed by atoms with Crippen molar-refractivity contribution >= 4 is 16.8 Å². The van der Waals surface area contributed by atoms with Gasteiger partial charge in [0.05, 0.1) is 7.11 Å². The van der Waals surface area contributed by atoms with Gasteiger partial charge in [0.2, 0.25) is 0 Å². The van der Waals surface area contributed by atoms with Crippen molar-refractivity contribution in [3.63, 3.8) is 0 Å². The minimum Gasteiger partial charge on any atom is -0.494 e. The predicted octanol–water partition coefficient (Wildman–Crippen LogP) is 2.21. The fraction of sp³-hybridized carbons (Fsp3) is 0.125. The Bertz CT molecular complexity index is 312. The molecule has 2 nitrogen and oxygen atoms in total. The number of carbonyl (C=O) groups excluding carboxylic acids is 1. The highest BCUT2D eigenvalue weighted by Crippen LogP contribution is 2.18. The summed E-state index contributed by atoms with van der Waals surface area (Å²) in [5.41, 5.74) is 0.218. The Hall–Kier alpha value is -1.09. The molecule has 0 saturated carbocycles. The molecule has 0 fully saturated rings. The molecule has 0 N–H and O–H groups in total. The summed E-state index contributed by atoms with van der Waals surface area (Å²) in [6, 6.07) is 3.69. The molecule has 0 aliphatic carbocycles. The second-order valence-corrected chi connectivity index (χ2v) is 2.47. The molecule has 0 unspecified atom stereocenters. The van der Waals surface area contributed by atoms with Crippen molar-refractivity contribution in [2.75, 3.05) is 7.11 Å². The number of methoxy groups -OCH3 is 1. The van der Waals surface area contributed by atoms with Gasteiger partial charge in [0, 0.05) is 5.56 Å². The SMILES string of the molecule is COc1cc(C(=O)Cl)ccc1F. The molecule has 12 heavy (non-hydrogen) atoms. The van der Waals surface area contributed by atoms with E-state index in [2.05, 4.69) is 4.74 Å². The topological polar surface area (TPSA) is 26.3 Å². The standard InChI is InChI=1S/C8H6ClFO2/c1-12-7-4-5(8(9)11)2-3-6(7)10/h2-4H,1H3. The van der Waals surface area contributed by atoms with Gasteiger partial charge in [-0.25, -0.2) is 4.39 Å². The first-order valence-corrected chi connectivity index (χ1v) is 3.56. The lowest BCUT2D eigenvalue weighted by molar-refractivity contribution is 0.108. The summed E-state index contributed by atoms with van der Waals surface area (Å²) >= 11 is 5.17. The van der Waals surface area contributed by atoms with Crippen LogP contribution >= 0.6 is 11.6 Å². The summed E-state index contributed by atoms with van der Waals surface area (Å²) in [4.78, 5) is 10.6. The van der Waals surface area contributed by atoms with E-state index in [0.717, 1.165) is 6.07 Å². The third-order valence-electron chi connectivity index (χ3n) is 1.38. The first-order chi connectivity index (χ1) is 5.65. The average molecular weight is 189 g/mol. The Morgan fingerprint density at radius 3 is 2.75 bits per heavy atom. The molecule has 0 heterocycles. The number of hydrogen-bond donors (Lipinski definition) is 0. The highest BCUT2D eigenvalue weighted by atomic mass is 35.5. The Kier molecular flexibility index (Phi) is 2.65. The van der Waals surface area contributed by atoms with Crippen LogP contribution in [-0.4, -0.2) is 12.4 Å². The van der Waals surface area contributed by atoms with Gasteiger partial charge in [-0.3, -0.25) is 4.79 Å². The Morgan fingerprint density at radius 2 is 2.25 bits per heavy atom. The molecule has 0 aliphatic rings. The van der Waals surface area contributed by atoms with E-state index in [1.54, 1.807) is 0 Å². The van der Waals surface area contributed by atoms with Crippen molar-refractivity contribution in [2.24, 2.45) is 0 Å². The predicted molar refractivity (Wildman–Crippen MR) is 43.1 cm³/mol. The molecule has 1 aromatic rings. The summed E-state index contributed by atoms with van der Waals surface area (Å²) in [5.74, 6) is -0.499. The number of halogens is 2. The van der Waals surface area contributed by atoms with Crippen LogP contribution in [-0.2, 0) is 0 Å². The minimum absolute atomic E-state index is 0.0153. The molecule has 64 valence electrons. The van der Waals surface area contributed by atoms with Crippen LogP contribution in [0.4, 0.5) is 4.39 Å². The van der Waals surface area contributed by atoms with E-state index in [4.69, 9.17) is 11.6 Å². The van der Waals surface area contributed by atoms with Gasteiger partial charge in [-0.1, -0.05) is 0 Å². The van der Waals surface area contributed by atoms with Gasteiger partial charge in [0.25, 0.3) is 5.24 Å². The molecule has 4 heteroatoms. The van der Waals surface area contributed by atoms with E-state index < -0.39 is 11.1 Å². The lowest BCUT2D eigenvalue weighted by atomic mass is 10.2. The van der Waals surface area contributed by atoms with Crippen LogP contribution in [0.15, 0.2) is 18.2 Å². The second kappa shape index (κ2) is 3.54. The van der Waals surface area contributed by atoms with Crippen LogP contribution in [0.1, 0.15) is 10.4 Å². The Labute approximate surface area is 73.9 Å². The molecule has 1 aromatic carbocycles. The maximum Gasteiger partial charge on any atom is 0.252 e. The van der Waals surface area contributed by atoms with Gasteiger partial charge in [0.15, 0.2) is 11.6 Å². The highest BCUT2D eigenvalue weighted by Gasteiger charge is 2.06. The summed E-state index contributed by atoms with van der Waals surface area (Å²) in [7, 11) is 1.32. The quantitative estimate of drug-likeness (QED) is 0.666. The number of benzene rings is 1. The molecular weight excluding hydrogens is 183 g/mol. The summed E-state index contributed by atoms with van der Waals surface area (Å²) in [6.07, 6.45) is 0. The summed E-state index contributed by atoms with van der Waals surface area (Å²) < 4.78 is 17.4. The molecule has 0 radical (unpaired) electrons. The maximum absolute atomic E-state index is 12.8. The third-order valence-corrected chi connectivity index (χ3v) is 1.60. The third kappa shape index (κ3) is 1.74. The van der Waals surface area contributed by atoms with E-state index in [1.165, 1.54) is 19.2 Å². The zero-order valence-corrected chi connectivity index (χ0v) is 7.06. The van der Waals surface area contributed by atoms with Crippen LogP contribution in [0.2, 0.25) is 0 Å². The monoisotopic (exact) mass is 188 g/mol. The van der Waals surface area contributed by atoms with Gasteiger partial charge >= 0.3 is 0 Å². The molecule has 1 rings (SSSR count). The molecule has 0 saturated heterocycles. The van der Waals surface area contributed by atoms with Gasteiger partial charge in [0.1, 0.15) is 0 Å². The van der Waals surface area contributed by atoms with E-state index in [1.807, 2.05) is 0 Å². The Balaban J connectivity index is 3.13. The van der Waals surface area contributed by atoms with E-state index in [9.17, 15) is 9.18 Å². The first kappa shape index (κ1) is 9.00. The smallest absolute Gasteiger partial charge is 0.252 e. The first-order valence-electron chi connectivity index (χ1n) is 3.18. The Morgan fingerprint density at radius 1 is 1.58 bits per heavy atom. The zero-order chi connectivity index (χ0) is 9.14. The van der Waals surface area contributed by atoms with Gasteiger partial charge in [-0.2, -0.15) is 0 Å². The fourth-order valence-electron chi connectivity index (χ4n) is 0.782. The molecule has 0 atom stereocenters. The number of ether oxygens (including phenoxy) is 1. The number of hydrogen-bond acceptors (Lipinski definition) is 2. The van der Waals surface area contributed by atoms with Crippen molar-refractivity contribution in [3.8, 4) is 5.75 Å². The lowest BCUT2D eigenvalue weighted by Gasteiger charge is -2.01. The lowest BCUT2D eigenvalue weighted by Crippen LogP contribution is -1.93. The number of carbonyl (C=O) groups is 1. The molecule has 0 aliphatic heterocycles. The summed E-state index contributed by atoms with van der Waals surface area (Å²) in [5, 5.41) is -0.631. The van der Waals surface area contributed by atoms with E-state index in [0.29, 0.717) is 0 Å². The van der Waals surface area contributed by atoms with Crippen molar-refractivity contribution < 1.29 is 13.9 Å².